The first-order valence-electron chi connectivity index (χ1n) is 5.95. The van der Waals surface area contributed by atoms with Crippen LogP contribution in [0.1, 0.15) is 0 Å². The van der Waals surface area contributed by atoms with Gasteiger partial charge < -0.3 is 9.66 Å². The number of aromatic nitrogens is 1. The van der Waals surface area contributed by atoms with Crippen molar-refractivity contribution in [2.75, 3.05) is 0 Å². The van der Waals surface area contributed by atoms with E-state index in [1.54, 1.807) is 24.3 Å². The lowest BCUT2D eigenvalue weighted by Crippen LogP contribution is -1.86. The minimum Gasteiger partial charge on any atom is -0.506 e. The topological polar surface area (TPSA) is 95.1 Å². The maximum Gasteiger partial charge on any atom is 0.186 e. The highest BCUT2D eigenvalue weighted by molar-refractivity contribution is 7.79. The highest BCUT2D eigenvalue weighted by Gasteiger charge is 2.09. The van der Waals surface area contributed by atoms with Gasteiger partial charge in [-0.15, -0.1) is 10.2 Å². The van der Waals surface area contributed by atoms with E-state index in [1.807, 2.05) is 0 Å². The van der Waals surface area contributed by atoms with Crippen molar-refractivity contribution in [3.05, 3.63) is 41.4 Å². The average molecular weight is 354 g/mol. The number of rotatable bonds is 3. The number of fused-ring (bicyclic) bond motifs is 1. The van der Waals surface area contributed by atoms with Gasteiger partial charge in [0, 0.05) is 5.39 Å². The van der Waals surface area contributed by atoms with E-state index in [0.717, 1.165) is 11.5 Å². The van der Waals surface area contributed by atoms with E-state index in [4.69, 9.17) is 16.2 Å². The summed E-state index contributed by atoms with van der Waals surface area (Å²) >= 11 is 4.87. The van der Waals surface area contributed by atoms with Gasteiger partial charge in [0.05, 0.1) is 21.1 Å². The Morgan fingerprint density at radius 1 is 1.18 bits per heavy atom. The van der Waals surface area contributed by atoms with Crippen LogP contribution in [0.25, 0.3) is 10.9 Å². The maximum absolute atomic E-state index is 11.1. The molecule has 1 atom stereocenters. The average Bonchev–Trinajstić information content (AvgIpc) is 2.90. The molecular weight excluding hydrogens is 346 g/mol. The Morgan fingerprint density at radius 3 is 2.73 bits per heavy atom. The van der Waals surface area contributed by atoms with E-state index >= 15 is 0 Å². The molecule has 3 aromatic rings. The van der Waals surface area contributed by atoms with Crippen LogP contribution in [0.5, 0.6) is 5.75 Å². The highest BCUT2D eigenvalue weighted by atomic mass is 35.5. The zero-order chi connectivity index (χ0) is 15.7. The Kier molecular flexibility index (Phi) is 4.16. The number of nitrogens with zero attached hydrogens (tertiary/aromatic N) is 3. The van der Waals surface area contributed by atoms with Gasteiger partial charge in [-0.2, -0.15) is 4.37 Å². The summed E-state index contributed by atoms with van der Waals surface area (Å²) in [4.78, 5) is 0.275. The summed E-state index contributed by atoms with van der Waals surface area (Å²) < 4.78 is 24.5. The number of hydrogen-bond donors (Lipinski definition) is 2. The lowest BCUT2D eigenvalue weighted by Gasteiger charge is -1.97. The quantitative estimate of drug-likeness (QED) is 0.529. The molecule has 0 spiro atoms. The Hall–Kier alpha value is -1.87. The Morgan fingerprint density at radius 2 is 2.00 bits per heavy atom. The standard InChI is InChI=1S/C13H8ClN3O3S2/c14-10-5-7(1-4-12(10)18)15-16-13-9-6-8(22(19)20)2-3-11(9)17-21-13/h1-6,18H,(H,19,20). The van der Waals surface area contributed by atoms with Crippen LogP contribution in [-0.4, -0.2) is 18.2 Å². The van der Waals surface area contributed by atoms with Crippen LogP contribution in [-0.2, 0) is 11.1 Å². The number of azo groups is 1. The first kappa shape index (κ1) is 15.0. The molecule has 2 N–H and O–H groups in total. The van der Waals surface area contributed by atoms with Crippen molar-refractivity contribution in [1.82, 2.24) is 4.37 Å². The van der Waals surface area contributed by atoms with Gasteiger partial charge in [0.15, 0.2) is 16.1 Å². The molecule has 0 fully saturated rings. The molecule has 0 radical (unpaired) electrons. The van der Waals surface area contributed by atoms with Crippen molar-refractivity contribution >= 4 is 55.8 Å². The maximum atomic E-state index is 11.1. The van der Waals surface area contributed by atoms with E-state index in [9.17, 15) is 9.32 Å². The third-order valence-corrected chi connectivity index (χ3v) is 4.54. The molecule has 0 aliphatic heterocycles. The smallest absolute Gasteiger partial charge is 0.186 e. The summed E-state index contributed by atoms with van der Waals surface area (Å²) in [6, 6.07) is 9.24. The Labute approximate surface area is 136 Å². The predicted molar refractivity (Wildman–Crippen MR) is 86.0 cm³/mol. The van der Waals surface area contributed by atoms with Crippen molar-refractivity contribution in [1.29, 1.82) is 0 Å². The van der Waals surface area contributed by atoms with Crippen LogP contribution in [0.2, 0.25) is 5.02 Å². The third-order valence-electron chi connectivity index (χ3n) is 2.82. The highest BCUT2D eigenvalue weighted by Crippen LogP contribution is 2.34. The van der Waals surface area contributed by atoms with Gasteiger partial charge >= 0.3 is 0 Å². The summed E-state index contributed by atoms with van der Waals surface area (Å²) in [6.07, 6.45) is 0. The van der Waals surface area contributed by atoms with Crippen LogP contribution >= 0.6 is 23.1 Å². The molecule has 1 aromatic heterocycles. The number of phenols is 1. The summed E-state index contributed by atoms with van der Waals surface area (Å²) in [5.74, 6) is -0.0288. The fraction of sp³-hybridized carbons (Fsp3) is 0. The molecule has 1 unspecified atom stereocenters. The molecule has 0 saturated carbocycles. The lowest BCUT2D eigenvalue weighted by molar-refractivity contribution is 0.475. The molecular formula is C13H8ClN3O3S2. The second-order valence-electron chi connectivity index (χ2n) is 4.25. The molecule has 6 nitrogen and oxygen atoms in total. The van der Waals surface area contributed by atoms with Crippen LogP contribution in [0, 0.1) is 0 Å². The summed E-state index contributed by atoms with van der Waals surface area (Å²) in [7, 11) is 0. The van der Waals surface area contributed by atoms with E-state index in [0.29, 0.717) is 21.6 Å². The summed E-state index contributed by atoms with van der Waals surface area (Å²) in [5, 5.41) is 18.8. The molecule has 0 saturated heterocycles. The first-order chi connectivity index (χ1) is 10.5. The zero-order valence-electron chi connectivity index (χ0n) is 10.8. The van der Waals surface area contributed by atoms with Crippen molar-refractivity contribution < 1.29 is 13.9 Å². The van der Waals surface area contributed by atoms with Crippen molar-refractivity contribution in [2.45, 2.75) is 4.90 Å². The molecule has 2 aromatic carbocycles. The van der Waals surface area contributed by atoms with Gasteiger partial charge in [-0.3, -0.25) is 0 Å². The Balaban J connectivity index is 1.99. The summed E-state index contributed by atoms with van der Waals surface area (Å²) in [6.45, 7) is 0. The first-order valence-corrected chi connectivity index (χ1v) is 8.21. The monoisotopic (exact) mass is 353 g/mol. The second kappa shape index (κ2) is 6.09. The number of halogens is 1. The Bertz CT molecular complexity index is 911. The van der Waals surface area contributed by atoms with Crippen molar-refractivity contribution in [3.63, 3.8) is 0 Å². The van der Waals surface area contributed by atoms with Crippen molar-refractivity contribution in [2.24, 2.45) is 10.2 Å². The van der Waals surface area contributed by atoms with Gasteiger partial charge in [-0.05, 0) is 47.9 Å². The largest absolute Gasteiger partial charge is 0.506 e. The van der Waals surface area contributed by atoms with Crippen LogP contribution in [0.4, 0.5) is 10.7 Å². The van der Waals surface area contributed by atoms with Crippen LogP contribution < -0.4 is 0 Å². The fourth-order valence-corrected chi connectivity index (χ4v) is 3.01. The number of aromatic hydroxyl groups is 1. The second-order valence-corrected chi connectivity index (χ2v) is 6.38. The predicted octanol–water partition coefficient (Wildman–Crippen LogP) is 4.65. The molecule has 9 heteroatoms. The molecule has 0 amide bonds. The third kappa shape index (κ3) is 3.00. The molecule has 3 rings (SSSR count). The van der Waals surface area contributed by atoms with Crippen molar-refractivity contribution in [3.8, 4) is 5.75 Å². The van der Waals surface area contributed by atoms with Gasteiger partial charge in [0.2, 0.25) is 0 Å². The molecule has 1 heterocycles. The van der Waals surface area contributed by atoms with E-state index in [2.05, 4.69) is 14.6 Å². The number of phenolic OH excluding ortho intramolecular Hbond substituents is 1. The fourth-order valence-electron chi connectivity index (χ4n) is 1.75. The van der Waals surface area contributed by atoms with E-state index < -0.39 is 11.1 Å². The van der Waals surface area contributed by atoms with Gasteiger partial charge in [0.25, 0.3) is 0 Å². The molecule has 0 bridgehead atoms. The number of benzene rings is 2. The van der Waals surface area contributed by atoms with E-state index in [1.165, 1.54) is 12.1 Å². The molecule has 0 aliphatic carbocycles. The molecule has 22 heavy (non-hydrogen) atoms. The number of hydrogen-bond acceptors (Lipinski definition) is 6. The van der Waals surface area contributed by atoms with Gasteiger partial charge in [-0.25, -0.2) is 4.21 Å². The minimum atomic E-state index is -2.06. The van der Waals surface area contributed by atoms with E-state index in [-0.39, 0.29) is 15.7 Å². The molecule has 112 valence electrons. The SMILES string of the molecule is O=S(O)c1ccc2nsc(N=Nc3ccc(O)c(Cl)c3)c2c1. The zero-order valence-corrected chi connectivity index (χ0v) is 13.2. The minimum absolute atomic E-state index is 0.0288. The van der Waals surface area contributed by atoms with Gasteiger partial charge in [-0.1, -0.05) is 11.6 Å². The van der Waals surface area contributed by atoms with Crippen LogP contribution in [0.15, 0.2) is 51.5 Å². The van der Waals surface area contributed by atoms with Crippen LogP contribution in [0.3, 0.4) is 0 Å². The normalized spacial score (nSPS) is 13.0. The van der Waals surface area contributed by atoms with Gasteiger partial charge in [0.1, 0.15) is 5.75 Å². The molecule has 0 aliphatic rings. The lowest BCUT2D eigenvalue weighted by atomic mass is 10.2. The summed E-state index contributed by atoms with van der Waals surface area (Å²) in [5.41, 5.74) is 1.16.